The van der Waals surface area contributed by atoms with Gasteiger partial charge in [-0.05, 0) is 10.7 Å². The zero-order valence-electron chi connectivity index (χ0n) is 3.51. The van der Waals surface area contributed by atoms with Crippen LogP contribution < -0.4 is 0 Å². The molecule has 2 nitrogen and oxygen atoms in total. The molecule has 0 heterocycles. The first-order chi connectivity index (χ1) is 2.81. The van der Waals surface area contributed by atoms with E-state index in [0.717, 1.165) is 0 Å². The van der Waals surface area contributed by atoms with Gasteiger partial charge >= 0.3 is 5.30 Å². The lowest BCUT2D eigenvalue weighted by molar-refractivity contribution is 0.200. The Hall–Kier alpha value is 0.400. The van der Waals surface area contributed by atoms with Gasteiger partial charge in [-0.15, -0.1) is 12.4 Å². The van der Waals surface area contributed by atoms with Crippen molar-refractivity contribution in [2.75, 3.05) is 7.11 Å². The van der Waals surface area contributed by atoms with E-state index in [9.17, 15) is 4.79 Å². The predicted molar refractivity (Wildman–Crippen MR) is 33.1 cm³/mol. The second-order valence-corrected chi connectivity index (χ2v) is 1.48. The molecule has 44 valence electrons. The van der Waals surface area contributed by atoms with Crippen LogP contribution in [0.5, 0.6) is 0 Å². The third kappa shape index (κ3) is 6.40. The van der Waals surface area contributed by atoms with Crippen molar-refractivity contribution in [2.24, 2.45) is 0 Å². The second-order valence-electron chi connectivity index (χ2n) is 0.531. The maximum Gasteiger partial charge on any atom is 0.382 e. The van der Waals surface area contributed by atoms with Gasteiger partial charge in [-0.1, -0.05) is 0 Å². The average Bonchev–Trinajstić information content (AvgIpc) is 1.65. The average molecular weight is 163 g/mol. The number of rotatable bonds is 0. The van der Waals surface area contributed by atoms with E-state index < -0.39 is 5.30 Å². The van der Waals surface area contributed by atoms with E-state index in [-0.39, 0.29) is 12.4 Å². The number of carbonyl (C=O) groups is 1. The van der Waals surface area contributed by atoms with Gasteiger partial charge in [0.25, 0.3) is 0 Å². The van der Waals surface area contributed by atoms with Gasteiger partial charge in [0.2, 0.25) is 0 Å². The van der Waals surface area contributed by atoms with Gasteiger partial charge in [-0.2, -0.15) is 0 Å². The van der Waals surface area contributed by atoms with Gasteiger partial charge in [0.15, 0.2) is 0 Å². The lowest BCUT2D eigenvalue weighted by atomic mass is 11.5. The highest BCUT2D eigenvalue weighted by atomic mass is 35.7. The van der Waals surface area contributed by atoms with E-state index in [0.29, 0.717) is 11.0 Å². The molecule has 0 aromatic heterocycles. The van der Waals surface area contributed by atoms with Crippen molar-refractivity contribution >= 4 is 39.4 Å². The topological polar surface area (TPSA) is 26.3 Å². The quantitative estimate of drug-likeness (QED) is 0.511. The Kier molecular flexibility index (Phi) is 9.50. The summed E-state index contributed by atoms with van der Waals surface area (Å²) in [5.41, 5.74) is 0. The highest BCUT2D eigenvalue weighted by Gasteiger charge is 1.91. The van der Waals surface area contributed by atoms with Crippen LogP contribution in [-0.2, 0) is 4.74 Å². The Morgan fingerprint density at radius 2 is 2.29 bits per heavy atom. The third-order valence-corrected chi connectivity index (χ3v) is 0.900. The molecule has 0 bridgehead atoms. The molecular weight excluding hydrogens is 159 g/mol. The van der Waals surface area contributed by atoms with Crippen LogP contribution in [0.15, 0.2) is 0 Å². The summed E-state index contributed by atoms with van der Waals surface area (Å²) in [6, 6.07) is 0. The van der Waals surface area contributed by atoms with Crippen molar-refractivity contribution in [3.8, 4) is 0 Å². The monoisotopic (exact) mass is 162 g/mol. The molecule has 5 heteroatoms. The Bertz CT molecular complexity index is 51.7. The van der Waals surface area contributed by atoms with E-state index in [1.807, 2.05) is 0 Å². The number of methoxy groups -OCH3 is 1. The van der Waals surface area contributed by atoms with Gasteiger partial charge in [0, 0.05) is 0 Å². The minimum atomic E-state index is -0.475. The highest BCUT2D eigenvalue weighted by Crippen LogP contribution is 2.07. The third-order valence-electron chi connectivity index (χ3n) is 0.230. The van der Waals surface area contributed by atoms with Crippen LogP contribution in [0.2, 0.25) is 0 Å². The lowest BCUT2D eigenvalue weighted by Gasteiger charge is -1.84. The Balaban J connectivity index is 0. The first-order valence-electron chi connectivity index (χ1n) is 1.17. The SMILES string of the molecule is COC(=O)SCl.Cl. The standard InChI is InChI=1S/C2H3ClO2S.ClH/c1-5-2(4)6-3;/h1H3;1H. The van der Waals surface area contributed by atoms with Gasteiger partial charge in [0.1, 0.15) is 0 Å². The molecular formula is C2H4Cl2O2S. The van der Waals surface area contributed by atoms with E-state index in [1.165, 1.54) is 7.11 Å². The number of carbonyl (C=O) groups excluding carboxylic acids is 1. The Morgan fingerprint density at radius 1 is 1.86 bits per heavy atom. The van der Waals surface area contributed by atoms with Crippen LogP contribution in [0, 0.1) is 0 Å². The Morgan fingerprint density at radius 3 is 2.29 bits per heavy atom. The summed E-state index contributed by atoms with van der Waals surface area (Å²) in [5.74, 6) is 0. The molecule has 0 fully saturated rings. The fourth-order valence-corrected chi connectivity index (χ4v) is 0.283. The van der Waals surface area contributed by atoms with E-state index in [1.54, 1.807) is 0 Å². The molecule has 7 heavy (non-hydrogen) atoms. The molecule has 0 amide bonds. The largest absolute Gasteiger partial charge is 0.460 e. The first-order valence-corrected chi connectivity index (χ1v) is 2.82. The molecule has 0 saturated carbocycles. The smallest absolute Gasteiger partial charge is 0.382 e. The number of ether oxygens (including phenoxy) is 1. The van der Waals surface area contributed by atoms with Crippen LogP contribution in [0.25, 0.3) is 0 Å². The van der Waals surface area contributed by atoms with Crippen LogP contribution in [0.3, 0.4) is 0 Å². The summed E-state index contributed by atoms with van der Waals surface area (Å²) in [7, 11) is 6.71. The van der Waals surface area contributed by atoms with Crippen molar-refractivity contribution in [1.29, 1.82) is 0 Å². The van der Waals surface area contributed by atoms with Crippen molar-refractivity contribution in [2.45, 2.75) is 0 Å². The summed E-state index contributed by atoms with van der Waals surface area (Å²) in [5, 5.41) is -0.475. The van der Waals surface area contributed by atoms with Crippen LogP contribution in [-0.4, -0.2) is 12.4 Å². The number of hydrogen-bond acceptors (Lipinski definition) is 3. The van der Waals surface area contributed by atoms with Crippen molar-refractivity contribution in [3.05, 3.63) is 0 Å². The van der Waals surface area contributed by atoms with Crippen molar-refractivity contribution < 1.29 is 9.53 Å². The predicted octanol–water partition coefficient (Wildman–Crippen LogP) is 2.06. The van der Waals surface area contributed by atoms with Gasteiger partial charge < -0.3 is 4.74 Å². The summed E-state index contributed by atoms with van der Waals surface area (Å²) in [4.78, 5) is 9.79. The minimum absolute atomic E-state index is 0. The molecule has 0 N–H and O–H groups in total. The first kappa shape index (κ1) is 10.4. The highest BCUT2D eigenvalue weighted by molar-refractivity contribution is 8.32. The van der Waals surface area contributed by atoms with E-state index in [2.05, 4.69) is 4.74 Å². The molecule has 0 aliphatic heterocycles. The number of hydrogen-bond donors (Lipinski definition) is 0. The Labute approximate surface area is 56.5 Å². The maximum atomic E-state index is 9.79. The van der Waals surface area contributed by atoms with Gasteiger partial charge in [-0.25, -0.2) is 4.79 Å². The molecule has 0 rings (SSSR count). The summed E-state index contributed by atoms with van der Waals surface area (Å²) in [6.07, 6.45) is 0. The van der Waals surface area contributed by atoms with Gasteiger partial charge in [0.05, 0.1) is 18.1 Å². The van der Waals surface area contributed by atoms with E-state index in [4.69, 9.17) is 10.7 Å². The summed E-state index contributed by atoms with van der Waals surface area (Å²) in [6.45, 7) is 0. The minimum Gasteiger partial charge on any atom is -0.460 e. The fraction of sp³-hybridized carbons (Fsp3) is 0.500. The molecule has 0 atom stereocenters. The van der Waals surface area contributed by atoms with Gasteiger partial charge in [-0.3, -0.25) is 0 Å². The van der Waals surface area contributed by atoms with E-state index >= 15 is 0 Å². The lowest BCUT2D eigenvalue weighted by Crippen LogP contribution is -1.84. The van der Waals surface area contributed by atoms with Crippen molar-refractivity contribution in [3.63, 3.8) is 0 Å². The van der Waals surface area contributed by atoms with Crippen LogP contribution in [0.4, 0.5) is 4.79 Å². The summed E-state index contributed by atoms with van der Waals surface area (Å²) >= 11 is 0. The molecule has 0 unspecified atom stereocenters. The molecule has 0 saturated heterocycles. The molecule has 0 aromatic rings. The zero-order chi connectivity index (χ0) is 4.99. The normalized spacial score (nSPS) is 6.57. The molecule has 0 aromatic carbocycles. The summed E-state index contributed by atoms with van der Waals surface area (Å²) < 4.78 is 4.09. The molecule has 0 radical (unpaired) electrons. The van der Waals surface area contributed by atoms with Crippen molar-refractivity contribution in [1.82, 2.24) is 0 Å². The number of halogens is 2. The fourth-order valence-electron chi connectivity index (χ4n) is 0.0315. The zero-order valence-corrected chi connectivity index (χ0v) is 5.90. The van der Waals surface area contributed by atoms with Crippen LogP contribution >= 0.6 is 34.1 Å². The second kappa shape index (κ2) is 6.40. The molecule has 0 aliphatic rings. The molecule has 0 aliphatic carbocycles. The molecule has 0 spiro atoms. The maximum absolute atomic E-state index is 9.79. The van der Waals surface area contributed by atoms with Crippen LogP contribution in [0.1, 0.15) is 0 Å².